The highest BCUT2D eigenvalue weighted by Crippen LogP contribution is 2.36. The Morgan fingerprint density at radius 1 is 1.30 bits per heavy atom. The zero-order chi connectivity index (χ0) is 15.4. The maximum Gasteiger partial charge on any atom is 0.377 e. The van der Waals surface area contributed by atoms with Gasteiger partial charge in [-0.15, -0.1) is 0 Å². The van der Waals surface area contributed by atoms with Gasteiger partial charge in [-0.25, -0.2) is 9.59 Å². The number of rotatable bonds is 7. The molecule has 112 valence electrons. The van der Waals surface area contributed by atoms with Crippen LogP contribution in [0, 0.1) is 0 Å². The Hall–Kier alpha value is -1.69. The minimum absolute atomic E-state index is 0.0305. The fraction of sp³-hybridized carbons (Fsp3) is 0.643. The van der Waals surface area contributed by atoms with Crippen molar-refractivity contribution in [2.75, 3.05) is 0 Å². The predicted octanol–water partition coefficient (Wildman–Crippen LogP) is 1.82. The van der Waals surface area contributed by atoms with Crippen LogP contribution in [0.25, 0.3) is 0 Å². The first kappa shape index (κ1) is 16.4. The quantitative estimate of drug-likeness (QED) is 0.436. The van der Waals surface area contributed by atoms with E-state index in [1.165, 1.54) is 19.9 Å². The summed E-state index contributed by atoms with van der Waals surface area (Å²) in [6, 6.07) is 0. The number of cyclic esters (lactones) is 1. The molecule has 1 heterocycles. The molecule has 20 heavy (non-hydrogen) atoms. The van der Waals surface area contributed by atoms with E-state index in [1.54, 1.807) is 13.0 Å². The maximum absolute atomic E-state index is 11.8. The molecule has 0 aromatic rings. The lowest BCUT2D eigenvalue weighted by molar-refractivity contribution is -0.207. The average Bonchev–Trinajstić information content (AvgIpc) is 2.58. The second-order valence-corrected chi connectivity index (χ2v) is 5.15. The van der Waals surface area contributed by atoms with E-state index in [0.717, 1.165) is 0 Å². The summed E-state index contributed by atoms with van der Waals surface area (Å²) in [6.45, 7) is 4.49. The molecule has 1 aliphatic rings. The standard InChI is InChI=1S/C14H20O6/c1-4-7-10(15)8-5-6-9-13(2)12(18)19-14(3,20-13)11(16)17/h4,7H,5-6,8-9H2,1-3H3,(H,16,17)/b7-4+/t13-,14+/m1/s1. The van der Waals surface area contributed by atoms with Gasteiger partial charge in [-0.05, 0) is 39.2 Å². The van der Waals surface area contributed by atoms with Gasteiger partial charge in [0.1, 0.15) is 0 Å². The molecular formula is C14H20O6. The molecule has 1 rings (SSSR count). The van der Waals surface area contributed by atoms with E-state index < -0.39 is 23.3 Å². The Kier molecular flexibility index (Phi) is 5.05. The third-order valence-electron chi connectivity index (χ3n) is 3.21. The minimum atomic E-state index is -1.92. The van der Waals surface area contributed by atoms with Crippen LogP contribution in [0.5, 0.6) is 0 Å². The number of carboxylic acid groups (broad SMARTS) is 1. The Labute approximate surface area is 117 Å². The van der Waals surface area contributed by atoms with Crippen molar-refractivity contribution in [2.45, 2.75) is 57.8 Å². The van der Waals surface area contributed by atoms with Crippen molar-refractivity contribution in [3.05, 3.63) is 12.2 Å². The molecule has 6 nitrogen and oxygen atoms in total. The van der Waals surface area contributed by atoms with Crippen LogP contribution in [0.4, 0.5) is 0 Å². The van der Waals surface area contributed by atoms with Crippen LogP contribution in [0.15, 0.2) is 12.2 Å². The van der Waals surface area contributed by atoms with Crippen LogP contribution in [0.3, 0.4) is 0 Å². The van der Waals surface area contributed by atoms with E-state index in [0.29, 0.717) is 25.7 Å². The van der Waals surface area contributed by atoms with Crippen molar-refractivity contribution in [1.29, 1.82) is 0 Å². The number of aliphatic carboxylic acids is 1. The van der Waals surface area contributed by atoms with E-state index in [9.17, 15) is 14.4 Å². The summed E-state index contributed by atoms with van der Waals surface area (Å²) in [5, 5.41) is 8.97. The third-order valence-corrected chi connectivity index (χ3v) is 3.21. The summed E-state index contributed by atoms with van der Waals surface area (Å²) >= 11 is 0. The number of allylic oxidation sites excluding steroid dienone is 2. The Bertz CT molecular complexity index is 441. The fourth-order valence-electron chi connectivity index (χ4n) is 2.05. The molecule has 1 fully saturated rings. The van der Waals surface area contributed by atoms with E-state index in [2.05, 4.69) is 0 Å². The topological polar surface area (TPSA) is 89.9 Å². The molecule has 0 radical (unpaired) electrons. The molecule has 0 spiro atoms. The first-order chi connectivity index (χ1) is 9.23. The Morgan fingerprint density at radius 2 is 1.95 bits per heavy atom. The highest BCUT2D eigenvalue weighted by Gasteiger charge is 2.56. The van der Waals surface area contributed by atoms with Crippen LogP contribution in [-0.4, -0.2) is 34.2 Å². The maximum atomic E-state index is 11.8. The second kappa shape index (κ2) is 6.17. The number of hydrogen-bond donors (Lipinski definition) is 1. The van der Waals surface area contributed by atoms with Gasteiger partial charge in [0.15, 0.2) is 11.4 Å². The molecule has 0 saturated carbocycles. The molecule has 1 N–H and O–H groups in total. The van der Waals surface area contributed by atoms with E-state index >= 15 is 0 Å². The molecule has 0 aromatic heterocycles. The van der Waals surface area contributed by atoms with Gasteiger partial charge in [0.25, 0.3) is 0 Å². The molecule has 1 aliphatic heterocycles. The third kappa shape index (κ3) is 3.66. The molecule has 0 aliphatic carbocycles. The Balaban J connectivity index is 2.49. The summed E-state index contributed by atoms with van der Waals surface area (Å²) in [6.07, 6.45) is 5.08. The van der Waals surface area contributed by atoms with E-state index in [4.69, 9.17) is 14.6 Å². The summed E-state index contributed by atoms with van der Waals surface area (Å²) in [4.78, 5) is 34.0. The number of carboxylic acids is 1. The van der Waals surface area contributed by atoms with Gasteiger partial charge in [0, 0.05) is 13.3 Å². The predicted molar refractivity (Wildman–Crippen MR) is 69.9 cm³/mol. The summed E-state index contributed by atoms with van der Waals surface area (Å²) < 4.78 is 10.1. The molecule has 6 heteroatoms. The van der Waals surface area contributed by atoms with Crippen molar-refractivity contribution in [1.82, 2.24) is 0 Å². The summed E-state index contributed by atoms with van der Waals surface area (Å²) in [5.41, 5.74) is -1.27. The largest absolute Gasteiger partial charge is 0.476 e. The van der Waals surface area contributed by atoms with Gasteiger partial charge in [-0.2, -0.15) is 0 Å². The molecule has 1 saturated heterocycles. The smallest absolute Gasteiger partial charge is 0.377 e. The highest BCUT2D eigenvalue weighted by molar-refractivity contribution is 5.89. The van der Waals surface area contributed by atoms with E-state index in [-0.39, 0.29) is 5.78 Å². The van der Waals surface area contributed by atoms with Crippen LogP contribution >= 0.6 is 0 Å². The summed E-state index contributed by atoms with van der Waals surface area (Å²) in [7, 11) is 0. The van der Waals surface area contributed by atoms with E-state index in [1.807, 2.05) is 0 Å². The molecule has 0 amide bonds. The summed E-state index contributed by atoms with van der Waals surface area (Å²) in [5.74, 6) is -3.91. The van der Waals surface area contributed by atoms with Gasteiger partial charge in [0.2, 0.25) is 0 Å². The minimum Gasteiger partial charge on any atom is -0.476 e. The monoisotopic (exact) mass is 284 g/mol. The highest BCUT2D eigenvalue weighted by atomic mass is 16.8. The zero-order valence-corrected chi connectivity index (χ0v) is 12.0. The van der Waals surface area contributed by atoms with Gasteiger partial charge in [-0.1, -0.05) is 6.08 Å². The second-order valence-electron chi connectivity index (χ2n) is 5.15. The van der Waals surface area contributed by atoms with Crippen LogP contribution < -0.4 is 0 Å². The lowest BCUT2D eigenvalue weighted by Crippen LogP contribution is -2.39. The number of hydrogen-bond acceptors (Lipinski definition) is 5. The molecule has 0 aromatic carbocycles. The van der Waals surface area contributed by atoms with Gasteiger partial charge < -0.3 is 14.6 Å². The number of unbranched alkanes of at least 4 members (excludes halogenated alkanes) is 1. The SMILES string of the molecule is C/C=C/C(=O)CCCC[C@@]1(C)O[C@@](C)(C(=O)O)OC1=O. The van der Waals surface area contributed by atoms with Gasteiger partial charge in [0.05, 0.1) is 0 Å². The Morgan fingerprint density at radius 3 is 2.45 bits per heavy atom. The number of ketones is 1. The van der Waals surface area contributed by atoms with Gasteiger partial charge in [-0.3, -0.25) is 4.79 Å². The van der Waals surface area contributed by atoms with Crippen LogP contribution in [0.1, 0.15) is 46.5 Å². The lowest BCUT2D eigenvalue weighted by atomic mass is 9.98. The molecule has 0 unspecified atom stereocenters. The normalized spacial score (nSPS) is 29.6. The average molecular weight is 284 g/mol. The fourth-order valence-corrected chi connectivity index (χ4v) is 2.05. The first-order valence-electron chi connectivity index (χ1n) is 6.56. The molecule has 2 atom stereocenters. The van der Waals surface area contributed by atoms with Crippen molar-refractivity contribution >= 4 is 17.7 Å². The number of ether oxygens (including phenoxy) is 2. The number of carbonyl (C=O) groups is 3. The first-order valence-corrected chi connectivity index (χ1v) is 6.56. The molecule has 0 bridgehead atoms. The number of esters is 1. The lowest BCUT2D eigenvalue weighted by Gasteiger charge is -2.21. The van der Waals surface area contributed by atoms with Crippen molar-refractivity contribution < 1.29 is 29.0 Å². The molecular weight excluding hydrogens is 264 g/mol. The van der Waals surface area contributed by atoms with Crippen molar-refractivity contribution in [3.63, 3.8) is 0 Å². The van der Waals surface area contributed by atoms with Crippen molar-refractivity contribution in [2.24, 2.45) is 0 Å². The van der Waals surface area contributed by atoms with Gasteiger partial charge >= 0.3 is 17.7 Å². The number of carbonyl (C=O) groups excluding carboxylic acids is 2. The van der Waals surface area contributed by atoms with Crippen molar-refractivity contribution in [3.8, 4) is 0 Å². The van der Waals surface area contributed by atoms with Crippen LogP contribution in [-0.2, 0) is 23.9 Å². The zero-order valence-electron chi connectivity index (χ0n) is 12.0. The van der Waals surface area contributed by atoms with Crippen LogP contribution in [0.2, 0.25) is 0 Å².